The van der Waals surface area contributed by atoms with Crippen molar-refractivity contribution in [1.29, 1.82) is 0 Å². The van der Waals surface area contributed by atoms with E-state index in [0.717, 1.165) is 0 Å². The molecule has 0 heterocycles. The summed E-state index contributed by atoms with van der Waals surface area (Å²) >= 11 is 0. The Kier molecular flexibility index (Phi) is 3.23. The third kappa shape index (κ3) is 2.58. The zero-order valence-electron chi connectivity index (χ0n) is 7.78. The molecule has 4 heteroatoms. The van der Waals surface area contributed by atoms with Gasteiger partial charge >= 0.3 is 6.09 Å². The topological polar surface area (TPSA) is 66.4 Å². The monoisotopic (exact) mass is 193 g/mol. The highest BCUT2D eigenvalue weighted by Gasteiger charge is 2.03. The van der Waals surface area contributed by atoms with Gasteiger partial charge in [0.25, 0.3) is 0 Å². The molecule has 14 heavy (non-hydrogen) atoms. The van der Waals surface area contributed by atoms with Crippen LogP contribution in [-0.2, 0) is 0 Å². The Morgan fingerprint density at radius 3 is 2.29 bits per heavy atom. The van der Waals surface area contributed by atoms with Crippen molar-refractivity contribution >= 4 is 17.6 Å². The summed E-state index contributed by atoms with van der Waals surface area (Å²) in [7, 11) is 0. The summed E-state index contributed by atoms with van der Waals surface area (Å²) in [5.74, 6) is 0.0480. The van der Waals surface area contributed by atoms with Gasteiger partial charge in [-0.2, -0.15) is 0 Å². The molecule has 0 bridgehead atoms. The van der Waals surface area contributed by atoms with Crippen molar-refractivity contribution in [3.8, 4) is 0 Å². The van der Waals surface area contributed by atoms with Crippen LogP contribution in [0.25, 0.3) is 0 Å². The van der Waals surface area contributed by atoms with Crippen LogP contribution >= 0.6 is 0 Å². The van der Waals surface area contributed by atoms with Crippen molar-refractivity contribution in [2.45, 2.75) is 13.3 Å². The quantitative estimate of drug-likeness (QED) is 0.724. The summed E-state index contributed by atoms with van der Waals surface area (Å²) in [5.41, 5.74) is 1.06. The number of carbonyl (C=O) groups excluding carboxylic acids is 1. The third-order valence-corrected chi connectivity index (χ3v) is 1.78. The molecule has 0 aliphatic carbocycles. The fraction of sp³-hybridized carbons (Fsp3) is 0.200. The number of anilines is 1. The van der Waals surface area contributed by atoms with E-state index in [1.165, 1.54) is 0 Å². The number of amides is 1. The van der Waals surface area contributed by atoms with Crippen molar-refractivity contribution in [2.75, 3.05) is 5.32 Å². The van der Waals surface area contributed by atoms with Gasteiger partial charge in [0.1, 0.15) is 0 Å². The van der Waals surface area contributed by atoms with Crippen LogP contribution in [0.3, 0.4) is 0 Å². The summed E-state index contributed by atoms with van der Waals surface area (Å²) in [4.78, 5) is 21.5. The van der Waals surface area contributed by atoms with Crippen LogP contribution in [0.15, 0.2) is 24.3 Å². The fourth-order valence-electron chi connectivity index (χ4n) is 1.07. The average Bonchev–Trinajstić information content (AvgIpc) is 2.17. The lowest BCUT2D eigenvalue weighted by atomic mass is 10.1. The lowest BCUT2D eigenvalue weighted by Gasteiger charge is -2.01. The molecule has 1 aromatic carbocycles. The molecule has 1 amide bonds. The van der Waals surface area contributed by atoms with Gasteiger partial charge in [-0.3, -0.25) is 10.1 Å². The smallest absolute Gasteiger partial charge is 0.409 e. The summed E-state index contributed by atoms with van der Waals surface area (Å²) in [5, 5.41) is 10.6. The molecule has 2 N–H and O–H groups in total. The van der Waals surface area contributed by atoms with Gasteiger partial charge < -0.3 is 5.11 Å². The molecule has 1 rings (SSSR count). The number of rotatable bonds is 3. The zero-order chi connectivity index (χ0) is 10.6. The number of benzene rings is 1. The van der Waals surface area contributed by atoms with E-state index in [9.17, 15) is 9.59 Å². The Morgan fingerprint density at radius 2 is 1.86 bits per heavy atom. The largest absolute Gasteiger partial charge is 0.465 e. The van der Waals surface area contributed by atoms with E-state index >= 15 is 0 Å². The van der Waals surface area contributed by atoms with Crippen LogP contribution in [0.2, 0.25) is 0 Å². The number of nitrogens with one attached hydrogen (secondary N) is 1. The molecule has 0 radical (unpaired) electrons. The van der Waals surface area contributed by atoms with Gasteiger partial charge in [-0.05, 0) is 24.3 Å². The van der Waals surface area contributed by atoms with Crippen molar-refractivity contribution < 1.29 is 14.7 Å². The Morgan fingerprint density at radius 1 is 1.29 bits per heavy atom. The predicted molar refractivity (Wildman–Crippen MR) is 52.7 cm³/mol. The van der Waals surface area contributed by atoms with Gasteiger partial charge in [-0.15, -0.1) is 0 Å². The van der Waals surface area contributed by atoms with E-state index < -0.39 is 6.09 Å². The van der Waals surface area contributed by atoms with Gasteiger partial charge in [0.15, 0.2) is 5.78 Å². The molecule has 0 unspecified atom stereocenters. The minimum Gasteiger partial charge on any atom is -0.465 e. The number of hydrogen-bond donors (Lipinski definition) is 2. The number of carboxylic acid groups (broad SMARTS) is 1. The molecular formula is C10H11NO3. The van der Waals surface area contributed by atoms with Crippen LogP contribution in [0.5, 0.6) is 0 Å². The first kappa shape index (κ1) is 10.2. The Balaban J connectivity index is 2.78. The van der Waals surface area contributed by atoms with Gasteiger partial charge in [-0.1, -0.05) is 6.92 Å². The average molecular weight is 193 g/mol. The van der Waals surface area contributed by atoms with Crippen LogP contribution < -0.4 is 5.32 Å². The number of carbonyl (C=O) groups is 2. The first-order valence-corrected chi connectivity index (χ1v) is 4.26. The van der Waals surface area contributed by atoms with Crippen LogP contribution in [-0.4, -0.2) is 17.0 Å². The molecule has 0 aliphatic rings. The molecule has 1 aromatic rings. The van der Waals surface area contributed by atoms with Gasteiger partial charge in [0.05, 0.1) is 0 Å². The molecule has 0 fully saturated rings. The molecule has 0 atom stereocenters. The van der Waals surface area contributed by atoms with Crippen molar-refractivity contribution in [3.05, 3.63) is 29.8 Å². The number of hydrogen-bond acceptors (Lipinski definition) is 2. The normalized spacial score (nSPS) is 9.50. The van der Waals surface area contributed by atoms with Crippen LogP contribution in [0, 0.1) is 0 Å². The summed E-state index contributed by atoms with van der Waals surface area (Å²) in [6, 6.07) is 6.35. The summed E-state index contributed by atoms with van der Waals surface area (Å²) < 4.78 is 0. The molecule has 0 aliphatic heterocycles. The second kappa shape index (κ2) is 4.41. The van der Waals surface area contributed by atoms with E-state index in [1.807, 2.05) is 0 Å². The predicted octanol–water partition coefficient (Wildman–Crippen LogP) is 2.37. The molecule has 0 saturated carbocycles. The van der Waals surface area contributed by atoms with Crippen molar-refractivity contribution in [1.82, 2.24) is 0 Å². The summed E-state index contributed by atoms with van der Waals surface area (Å²) in [6.07, 6.45) is -0.661. The molecule has 74 valence electrons. The highest BCUT2D eigenvalue weighted by molar-refractivity contribution is 5.96. The lowest BCUT2D eigenvalue weighted by molar-refractivity contribution is 0.0988. The van der Waals surface area contributed by atoms with E-state index in [0.29, 0.717) is 17.7 Å². The molecule has 0 spiro atoms. The molecular weight excluding hydrogens is 182 g/mol. The van der Waals surface area contributed by atoms with E-state index in [2.05, 4.69) is 5.32 Å². The second-order valence-electron chi connectivity index (χ2n) is 2.78. The van der Waals surface area contributed by atoms with Crippen molar-refractivity contribution in [3.63, 3.8) is 0 Å². The van der Waals surface area contributed by atoms with Crippen LogP contribution in [0.1, 0.15) is 23.7 Å². The molecule has 0 aromatic heterocycles. The standard InChI is InChI=1S/C10H11NO3/c1-2-9(12)7-3-5-8(6-4-7)11-10(13)14/h3-6,11H,2H2,1H3,(H,13,14). The number of Topliss-reactive ketones (excluding diaryl/α,β-unsaturated/α-hetero) is 1. The SMILES string of the molecule is CCC(=O)c1ccc(NC(=O)O)cc1. The fourth-order valence-corrected chi connectivity index (χ4v) is 1.07. The first-order valence-electron chi connectivity index (χ1n) is 4.26. The maximum atomic E-state index is 11.2. The first-order chi connectivity index (χ1) is 6.63. The van der Waals surface area contributed by atoms with Gasteiger partial charge in [0, 0.05) is 17.7 Å². The van der Waals surface area contributed by atoms with E-state index in [4.69, 9.17) is 5.11 Å². The third-order valence-electron chi connectivity index (χ3n) is 1.78. The lowest BCUT2D eigenvalue weighted by Crippen LogP contribution is -2.07. The Hall–Kier alpha value is -1.84. The highest BCUT2D eigenvalue weighted by atomic mass is 16.4. The van der Waals surface area contributed by atoms with Crippen molar-refractivity contribution in [2.24, 2.45) is 0 Å². The second-order valence-corrected chi connectivity index (χ2v) is 2.78. The Bertz CT molecular complexity index is 343. The molecule has 0 saturated heterocycles. The highest BCUT2D eigenvalue weighted by Crippen LogP contribution is 2.10. The van der Waals surface area contributed by atoms with E-state index in [1.54, 1.807) is 31.2 Å². The minimum absolute atomic E-state index is 0.0480. The summed E-state index contributed by atoms with van der Waals surface area (Å²) in [6.45, 7) is 1.78. The van der Waals surface area contributed by atoms with Crippen LogP contribution in [0.4, 0.5) is 10.5 Å². The minimum atomic E-state index is -1.11. The van der Waals surface area contributed by atoms with E-state index in [-0.39, 0.29) is 5.78 Å². The maximum Gasteiger partial charge on any atom is 0.409 e. The van der Waals surface area contributed by atoms with Gasteiger partial charge in [-0.25, -0.2) is 4.79 Å². The maximum absolute atomic E-state index is 11.2. The molecule has 4 nitrogen and oxygen atoms in total. The Labute approximate surface area is 81.6 Å². The van der Waals surface area contributed by atoms with Gasteiger partial charge in [0.2, 0.25) is 0 Å². The number of ketones is 1. The zero-order valence-corrected chi connectivity index (χ0v) is 7.78.